The number of nitrogens with one attached hydrogen (secondary N) is 1. The van der Waals surface area contributed by atoms with Crippen molar-refractivity contribution < 1.29 is 9.53 Å². The van der Waals surface area contributed by atoms with Crippen LogP contribution in [0.25, 0.3) is 0 Å². The van der Waals surface area contributed by atoms with Gasteiger partial charge in [-0.1, -0.05) is 40.2 Å². The molecule has 3 rings (SSSR count). The third kappa shape index (κ3) is 5.13. The number of aromatic nitrogens is 1. The van der Waals surface area contributed by atoms with Crippen molar-refractivity contribution in [2.75, 3.05) is 13.2 Å². The maximum absolute atomic E-state index is 12.6. The molecular weight excluding hydrogens is 380 g/mol. The summed E-state index contributed by atoms with van der Waals surface area (Å²) in [6.45, 7) is 1.52. The van der Waals surface area contributed by atoms with E-state index in [-0.39, 0.29) is 11.9 Å². The molecular formula is C20H23BrN2O2. The first kappa shape index (κ1) is 18.1. The van der Waals surface area contributed by atoms with Crippen molar-refractivity contribution in [2.45, 2.75) is 31.7 Å². The molecule has 1 aromatic heterocycles. The molecule has 2 heterocycles. The summed E-state index contributed by atoms with van der Waals surface area (Å²) in [5, 5.41) is 3.24. The Labute approximate surface area is 157 Å². The Balaban J connectivity index is 1.65. The van der Waals surface area contributed by atoms with E-state index in [1.54, 1.807) is 6.20 Å². The molecule has 0 spiro atoms. The van der Waals surface area contributed by atoms with E-state index in [0.717, 1.165) is 48.1 Å². The third-order valence-corrected chi connectivity index (χ3v) is 5.45. The summed E-state index contributed by atoms with van der Waals surface area (Å²) in [6.07, 6.45) is 6.74. The van der Waals surface area contributed by atoms with Gasteiger partial charge in [0, 0.05) is 36.5 Å². The number of halogens is 1. The van der Waals surface area contributed by atoms with Crippen molar-refractivity contribution in [3.63, 3.8) is 0 Å². The highest BCUT2D eigenvalue weighted by molar-refractivity contribution is 9.10. The Hall–Kier alpha value is -1.72. The van der Waals surface area contributed by atoms with Crippen molar-refractivity contribution in [1.29, 1.82) is 0 Å². The lowest BCUT2D eigenvalue weighted by Crippen LogP contribution is -2.36. The minimum Gasteiger partial charge on any atom is -0.381 e. The molecule has 4 nitrogen and oxygen atoms in total. The summed E-state index contributed by atoms with van der Waals surface area (Å²) in [5.41, 5.74) is 2.23. The van der Waals surface area contributed by atoms with Crippen LogP contribution in [0.15, 0.2) is 53.3 Å². The molecule has 1 N–H and O–H groups in total. The van der Waals surface area contributed by atoms with Gasteiger partial charge in [-0.05, 0) is 48.4 Å². The van der Waals surface area contributed by atoms with Gasteiger partial charge in [0.15, 0.2) is 0 Å². The van der Waals surface area contributed by atoms with Gasteiger partial charge in [0.25, 0.3) is 0 Å². The fourth-order valence-electron chi connectivity index (χ4n) is 3.28. The van der Waals surface area contributed by atoms with Crippen LogP contribution in [-0.4, -0.2) is 24.1 Å². The van der Waals surface area contributed by atoms with Crippen molar-refractivity contribution in [3.05, 3.63) is 64.4 Å². The molecule has 1 amide bonds. The monoisotopic (exact) mass is 402 g/mol. The van der Waals surface area contributed by atoms with Gasteiger partial charge in [-0.15, -0.1) is 0 Å². The summed E-state index contributed by atoms with van der Waals surface area (Å²) in [5.74, 6) is 0.474. The smallest absolute Gasteiger partial charge is 0.220 e. The van der Waals surface area contributed by atoms with Crippen LogP contribution in [0.5, 0.6) is 0 Å². The highest BCUT2D eigenvalue weighted by Gasteiger charge is 2.27. The van der Waals surface area contributed by atoms with E-state index in [9.17, 15) is 4.79 Å². The van der Waals surface area contributed by atoms with Crippen LogP contribution in [0.4, 0.5) is 0 Å². The van der Waals surface area contributed by atoms with Crippen molar-refractivity contribution >= 4 is 21.8 Å². The van der Waals surface area contributed by atoms with Crippen LogP contribution in [0.2, 0.25) is 0 Å². The van der Waals surface area contributed by atoms with E-state index in [2.05, 4.69) is 32.3 Å². The van der Waals surface area contributed by atoms with E-state index in [4.69, 9.17) is 4.74 Å². The van der Waals surface area contributed by atoms with Crippen LogP contribution >= 0.6 is 15.9 Å². The number of hydrogen-bond acceptors (Lipinski definition) is 3. The van der Waals surface area contributed by atoms with Crippen LogP contribution in [-0.2, 0) is 16.0 Å². The van der Waals surface area contributed by atoms with Crippen LogP contribution in [0.3, 0.4) is 0 Å². The lowest BCUT2D eigenvalue weighted by Gasteiger charge is -2.31. The molecule has 1 aromatic carbocycles. The average Bonchev–Trinajstić information content (AvgIpc) is 2.67. The highest BCUT2D eigenvalue weighted by atomic mass is 79.9. The molecule has 5 heteroatoms. The standard InChI is InChI=1S/C20H23BrN2O2/c21-18-6-2-1-4-15(18)7-8-19(24)23-20(16-9-12-25-13-10-16)17-5-3-11-22-14-17/h1-6,11,14,16,20H,7-10,12-13H2,(H,23,24). The first-order valence-electron chi connectivity index (χ1n) is 8.74. The van der Waals surface area contributed by atoms with E-state index in [1.165, 1.54) is 0 Å². The molecule has 1 unspecified atom stereocenters. The number of rotatable bonds is 6. The lowest BCUT2D eigenvalue weighted by atomic mass is 9.87. The predicted octanol–water partition coefficient (Wildman–Crippen LogP) is 4.06. The van der Waals surface area contributed by atoms with E-state index in [0.29, 0.717) is 12.3 Å². The molecule has 1 atom stereocenters. The van der Waals surface area contributed by atoms with Crippen molar-refractivity contribution in [2.24, 2.45) is 5.92 Å². The maximum Gasteiger partial charge on any atom is 0.220 e. The fraction of sp³-hybridized carbons (Fsp3) is 0.400. The molecule has 132 valence electrons. The topological polar surface area (TPSA) is 51.2 Å². The summed E-state index contributed by atoms with van der Waals surface area (Å²) < 4.78 is 6.53. The largest absolute Gasteiger partial charge is 0.381 e. The molecule has 1 fully saturated rings. The maximum atomic E-state index is 12.6. The molecule has 25 heavy (non-hydrogen) atoms. The van der Waals surface area contributed by atoms with Gasteiger partial charge in [-0.2, -0.15) is 0 Å². The second-order valence-electron chi connectivity index (χ2n) is 6.37. The normalized spacial score (nSPS) is 16.4. The Morgan fingerprint density at radius 2 is 2.04 bits per heavy atom. The first-order chi connectivity index (χ1) is 12.2. The number of aryl methyl sites for hydroxylation is 1. The van der Waals surface area contributed by atoms with Gasteiger partial charge in [-0.25, -0.2) is 0 Å². The van der Waals surface area contributed by atoms with Gasteiger partial charge in [0.1, 0.15) is 0 Å². The van der Waals surface area contributed by atoms with Gasteiger partial charge in [0.05, 0.1) is 6.04 Å². The van der Waals surface area contributed by atoms with Gasteiger partial charge >= 0.3 is 0 Å². The zero-order valence-electron chi connectivity index (χ0n) is 14.2. The zero-order valence-corrected chi connectivity index (χ0v) is 15.7. The molecule has 0 saturated carbocycles. The minimum atomic E-state index is 0.00399. The number of carbonyl (C=O) groups is 1. The van der Waals surface area contributed by atoms with E-state index in [1.807, 2.05) is 36.5 Å². The highest BCUT2D eigenvalue weighted by Crippen LogP contribution is 2.30. The quantitative estimate of drug-likeness (QED) is 0.792. The van der Waals surface area contributed by atoms with E-state index < -0.39 is 0 Å². The number of hydrogen-bond donors (Lipinski definition) is 1. The van der Waals surface area contributed by atoms with E-state index >= 15 is 0 Å². The predicted molar refractivity (Wildman–Crippen MR) is 101 cm³/mol. The van der Waals surface area contributed by atoms with Crippen LogP contribution < -0.4 is 5.32 Å². The molecule has 0 aliphatic carbocycles. The summed E-state index contributed by atoms with van der Waals surface area (Å²) in [4.78, 5) is 16.8. The number of benzene rings is 1. The van der Waals surface area contributed by atoms with Gasteiger partial charge in [-0.3, -0.25) is 9.78 Å². The lowest BCUT2D eigenvalue weighted by molar-refractivity contribution is -0.122. The molecule has 0 bridgehead atoms. The average molecular weight is 403 g/mol. The van der Waals surface area contributed by atoms with Crippen molar-refractivity contribution in [3.8, 4) is 0 Å². The number of carbonyl (C=O) groups excluding carboxylic acids is 1. The van der Waals surface area contributed by atoms with Crippen LogP contribution in [0, 0.1) is 5.92 Å². The Morgan fingerprint density at radius 3 is 2.76 bits per heavy atom. The molecule has 2 aromatic rings. The van der Waals surface area contributed by atoms with Gasteiger partial charge in [0.2, 0.25) is 5.91 Å². The second kappa shape index (κ2) is 9.11. The summed E-state index contributed by atoms with van der Waals surface area (Å²) in [6, 6.07) is 12.0. The number of pyridine rings is 1. The molecule has 1 saturated heterocycles. The number of ether oxygens (including phenoxy) is 1. The fourth-order valence-corrected chi connectivity index (χ4v) is 3.76. The minimum absolute atomic E-state index is 0.00399. The second-order valence-corrected chi connectivity index (χ2v) is 7.23. The Kier molecular flexibility index (Phi) is 6.59. The van der Waals surface area contributed by atoms with Crippen LogP contribution in [0.1, 0.15) is 36.4 Å². The third-order valence-electron chi connectivity index (χ3n) is 4.68. The summed E-state index contributed by atoms with van der Waals surface area (Å²) >= 11 is 3.54. The molecule has 1 aliphatic rings. The molecule has 0 radical (unpaired) electrons. The first-order valence-corrected chi connectivity index (χ1v) is 9.54. The number of amides is 1. The number of nitrogens with zero attached hydrogens (tertiary/aromatic N) is 1. The SMILES string of the molecule is O=C(CCc1ccccc1Br)NC(c1cccnc1)C1CCOCC1. The van der Waals surface area contributed by atoms with Crippen molar-refractivity contribution in [1.82, 2.24) is 10.3 Å². The molecule has 1 aliphatic heterocycles. The Bertz CT molecular complexity index is 687. The van der Waals surface area contributed by atoms with Gasteiger partial charge < -0.3 is 10.1 Å². The zero-order chi connectivity index (χ0) is 17.5. The Morgan fingerprint density at radius 1 is 1.24 bits per heavy atom. The summed E-state index contributed by atoms with van der Waals surface area (Å²) in [7, 11) is 0.